The average Bonchev–Trinajstić information content (AvgIpc) is 2.19. The summed E-state index contributed by atoms with van der Waals surface area (Å²) in [6.07, 6.45) is 5.15. The van der Waals surface area contributed by atoms with Crippen LogP contribution < -0.4 is 0 Å². The van der Waals surface area contributed by atoms with E-state index in [0.29, 0.717) is 0 Å². The van der Waals surface area contributed by atoms with Crippen molar-refractivity contribution in [2.24, 2.45) is 0 Å². The van der Waals surface area contributed by atoms with E-state index in [0.717, 1.165) is 18.6 Å². The molecule has 13 heavy (non-hydrogen) atoms. The molecule has 0 aliphatic rings. The number of thioether (sulfide) groups is 1. The average molecular weight is 197 g/mol. The molecule has 0 bridgehead atoms. The van der Waals surface area contributed by atoms with Crippen LogP contribution in [0, 0.1) is 0 Å². The largest absolute Gasteiger partial charge is 0.393 e. The Kier molecular flexibility index (Phi) is 4.86. The van der Waals surface area contributed by atoms with Crippen LogP contribution in [0.2, 0.25) is 0 Å². The Morgan fingerprint density at radius 3 is 2.77 bits per heavy atom. The smallest absolute Gasteiger partial charge is 0.0545 e. The van der Waals surface area contributed by atoms with Crippen LogP contribution in [0.25, 0.3) is 0 Å². The molecule has 0 aromatic carbocycles. The Hall–Kier alpha value is -0.540. The number of pyridine rings is 1. The maximum atomic E-state index is 9.31. The summed E-state index contributed by atoms with van der Waals surface area (Å²) in [5.74, 6) is 0.971. The van der Waals surface area contributed by atoms with Gasteiger partial charge < -0.3 is 5.11 Å². The van der Waals surface area contributed by atoms with Crippen molar-refractivity contribution in [2.75, 3.05) is 5.75 Å². The van der Waals surface area contributed by atoms with E-state index in [9.17, 15) is 5.11 Å². The first-order chi connectivity index (χ1) is 6.33. The van der Waals surface area contributed by atoms with Gasteiger partial charge in [0.25, 0.3) is 0 Å². The molecule has 3 heteroatoms. The van der Waals surface area contributed by atoms with Crippen LogP contribution in [-0.2, 0) is 0 Å². The fraction of sp³-hybridized carbons (Fsp3) is 0.500. The molecule has 0 radical (unpaired) electrons. The highest BCUT2D eigenvalue weighted by molar-refractivity contribution is 7.99. The van der Waals surface area contributed by atoms with Crippen LogP contribution in [0.3, 0.4) is 0 Å². The first-order valence-electron chi connectivity index (χ1n) is 4.54. The summed E-state index contributed by atoms with van der Waals surface area (Å²) in [7, 11) is 0. The predicted molar refractivity (Wildman–Crippen MR) is 55.9 cm³/mol. The highest BCUT2D eigenvalue weighted by atomic mass is 32.2. The van der Waals surface area contributed by atoms with Crippen molar-refractivity contribution in [3.8, 4) is 0 Å². The predicted octanol–water partition coefficient (Wildman–Crippen LogP) is 2.33. The van der Waals surface area contributed by atoms with Gasteiger partial charge in [0.1, 0.15) is 0 Å². The van der Waals surface area contributed by atoms with Gasteiger partial charge in [-0.1, -0.05) is 6.92 Å². The van der Waals surface area contributed by atoms with Crippen molar-refractivity contribution in [3.63, 3.8) is 0 Å². The summed E-state index contributed by atoms with van der Waals surface area (Å²) < 4.78 is 0. The second kappa shape index (κ2) is 6.00. The van der Waals surface area contributed by atoms with E-state index in [1.165, 1.54) is 4.90 Å². The summed E-state index contributed by atoms with van der Waals surface area (Å²) in [4.78, 5) is 5.16. The molecule has 0 saturated carbocycles. The molecule has 1 N–H and O–H groups in total. The van der Waals surface area contributed by atoms with Crippen molar-refractivity contribution in [1.82, 2.24) is 4.98 Å². The van der Waals surface area contributed by atoms with Crippen LogP contribution >= 0.6 is 11.8 Å². The van der Waals surface area contributed by atoms with Gasteiger partial charge in [-0.05, 0) is 25.0 Å². The maximum absolute atomic E-state index is 9.31. The number of rotatable bonds is 5. The van der Waals surface area contributed by atoms with Crippen molar-refractivity contribution in [3.05, 3.63) is 24.5 Å². The second-order valence-corrected chi connectivity index (χ2v) is 4.05. The number of hydrogen-bond donors (Lipinski definition) is 1. The fourth-order valence-corrected chi connectivity index (χ4v) is 1.89. The lowest BCUT2D eigenvalue weighted by atomic mass is 10.2. The first-order valence-corrected chi connectivity index (χ1v) is 5.52. The minimum absolute atomic E-state index is 0.144. The molecule has 1 aromatic rings. The van der Waals surface area contributed by atoms with E-state index < -0.39 is 0 Å². The zero-order chi connectivity index (χ0) is 9.52. The van der Waals surface area contributed by atoms with Crippen LogP contribution in [0.5, 0.6) is 0 Å². The SMILES string of the molecule is CCC(O)CCSc1ccncc1. The Labute approximate surface area is 83.4 Å². The van der Waals surface area contributed by atoms with Crippen LogP contribution in [0.15, 0.2) is 29.4 Å². The summed E-state index contributed by atoms with van der Waals surface area (Å²) in [6.45, 7) is 2.00. The molecule has 2 nitrogen and oxygen atoms in total. The molecule has 1 heterocycles. The van der Waals surface area contributed by atoms with Gasteiger partial charge in [-0.25, -0.2) is 0 Å². The van der Waals surface area contributed by atoms with Gasteiger partial charge in [-0.2, -0.15) is 0 Å². The lowest BCUT2D eigenvalue weighted by Crippen LogP contribution is -2.04. The first kappa shape index (κ1) is 10.5. The van der Waals surface area contributed by atoms with Crippen molar-refractivity contribution in [1.29, 1.82) is 0 Å². The van der Waals surface area contributed by atoms with Crippen LogP contribution in [0.1, 0.15) is 19.8 Å². The standard InChI is InChI=1S/C10H15NOS/c1-2-9(12)5-8-13-10-3-6-11-7-4-10/h3-4,6-7,9,12H,2,5,8H2,1H3. The highest BCUT2D eigenvalue weighted by Crippen LogP contribution is 2.18. The molecule has 0 aliphatic carbocycles. The molecule has 0 aliphatic heterocycles. The molecule has 0 saturated heterocycles. The Bertz CT molecular complexity index is 228. The molecule has 0 spiro atoms. The van der Waals surface area contributed by atoms with Crippen LogP contribution in [0.4, 0.5) is 0 Å². The lowest BCUT2D eigenvalue weighted by Gasteiger charge is -2.06. The van der Waals surface area contributed by atoms with E-state index in [1.54, 1.807) is 24.2 Å². The molecule has 0 amide bonds. The van der Waals surface area contributed by atoms with Crippen molar-refractivity contribution in [2.45, 2.75) is 30.8 Å². The molecular formula is C10H15NOS. The molecule has 1 aromatic heterocycles. The van der Waals surface area contributed by atoms with Gasteiger partial charge in [0, 0.05) is 23.0 Å². The van der Waals surface area contributed by atoms with E-state index in [-0.39, 0.29) is 6.10 Å². The Morgan fingerprint density at radius 1 is 1.46 bits per heavy atom. The van der Waals surface area contributed by atoms with Crippen LogP contribution in [-0.4, -0.2) is 21.9 Å². The third kappa shape index (κ3) is 4.29. The Balaban J connectivity index is 2.20. The van der Waals surface area contributed by atoms with E-state index >= 15 is 0 Å². The maximum Gasteiger partial charge on any atom is 0.0545 e. The zero-order valence-corrected chi connectivity index (χ0v) is 8.63. The molecule has 0 fully saturated rings. The quantitative estimate of drug-likeness (QED) is 0.735. The molecule has 1 rings (SSSR count). The zero-order valence-electron chi connectivity index (χ0n) is 7.81. The van der Waals surface area contributed by atoms with Crippen molar-refractivity contribution < 1.29 is 5.11 Å². The number of aromatic nitrogens is 1. The second-order valence-electron chi connectivity index (χ2n) is 2.88. The Morgan fingerprint density at radius 2 is 2.15 bits per heavy atom. The minimum Gasteiger partial charge on any atom is -0.393 e. The van der Waals surface area contributed by atoms with E-state index in [2.05, 4.69) is 4.98 Å². The molecule has 72 valence electrons. The lowest BCUT2D eigenvalue weighted by molar-refractivity contribution is 0.167. The van der Waals surface area contributed by atoms with Gasteiger partial charge in [0.2, 0.25) is 0 Å². The van der Waals surface area contributed by atoms with Gasteiger partial charge in [-0.15, -0.1) is 11.8 Å². The fourth-order valence-electron chi connectivity index (χ4n) is 0.951. The summed E-state index contributed by atoms with van der Waals surface area (Å²) in [6, 6.07) is 3.98. The number of hydrogen-bond acceptors (Lipinski definition) is 3. The normalized spacial score (nSPS) is 12.8. The summed E-state index contributed by atoms with van der Waals surface area (Å²) in [5.41, 5.74) is 0. The van der Waals surface area contributed by atoms with Crippen molar-refractivity contribution >= 4 is 11.8 Å². The number of aliphatic hydroxyl groups excluding tert-OH is 1. The third-order valence-electron chi connectivity index (χ3n) is 1.84. The van der Waals surface area contributed by atoms with Gasteiger partial charge in [0.15, 0.2) is 0 Å². The summed E-state index contributed by atoms with van der Waals surface area (Å²) >= 11 is 1.76. The minimum atomic E-state index is -0.144. The van der Waals surface area contributed by atoms with Gasteiger partial charge in [0.05, 0.1) is 6.10 Å². The number of nitrogens with zero attached hydrogens (tertiary/aromatic N) is 1. The topological polar surface area (TPSA) is 33.1 Å². The van der Waals surface area contributed by atoms with E-state index in [1.807, 2.05) is 19.1 Å². The molecule has 1 atom stereocenters. The van der Waals surface area contributed by atoms with E-state index in [4.69, 9.17) is 0 Å². The highest BCUT2D eigenvalue weighted by Gasteiger charge is 2.00. The monoisotopic (exact) mass is 197 g/mol. The summed E-state index contributed by atoms with van der Waals surface area (Å²) in [5, 5.41) is 9.31. The molecular weight excluding hydrogens is 182 g/mol. The third-order valence-corrected chi connectivity index (χ3v) is 2.89. The van der Waals surface area contributed by atoms with Gasteiger partial charge in [-0.3, -0.25) is 4.98 Å². The number of aliphatic hydroxyl groups is 1. The molecule has 1 unspecified atom stereocenters. The van der Waals surface area contributed by atoms with Gasteiger partial charge >= 0.3 is 0 Å².